The van der Waals surface area contributed by atoms with Crippen LogP contribution in [0, 0.1) is 6.92 Å². The number of aryl methyl sites for hydroxylation is 1. The maximum atomic E-state index is 12.7. The third-order valence-electron chi connectivity index (χ3n) is 5.84. The minimum absolute atomic E-state index is 0.00202. The fraction of sp³-hybridized carbons (Fsp3) is 0.241. The Hall–Kier alpha value is -4.31. The lowest BCUT2D eigenvalue weighted by molar-refractivity contribution is -0.141. The zero-order chi connectivity index (χ0) is 28.4. The SMILES string of the molecule is COC(=O)CC(NC(C)=O)c1ccc(NC(=O)Cc2ccc(NC(=O)Nc3ccccc3C)c(SC)c2)cc1. The molecule has 0 saturated heterocycles. The second kappa shape index (κ2) is 14.0. The molecule has 3 aromatic carbocycles. The number of para-hydroxylation sites is 1. The predicted octanol–water partition coefficient (Wildman–Crippen LogP) is 5.28. The Bertz CT molecular complexity index is 1340. The van der Waals surface area contributed by atoms with E-state index in [9.17, 15) is 19.2 Å². The summed E-state index contributed by atoms with van der Waals surface area (Å²) >= 11 is 1.47. The largest absolute Gasteiger partial charge is 0.469 e. The van der Waals surface area contributed by atoms with Crippen LogP contribution in [0.4, 0.5) is 21.9 Å². The Labute approximate surface area is 232 Å². The summed E-state index contributed by atoms with van der Waals surface area (Å²) < 4.78 is 4.72. The molecule has 0 aromatic heterocycles. The molecule has 10 heteroatoms. The van der Waals surface area contributed by atoms with Crippen LogP contribution in [0.2, 0.25) is 0 Å². The van der Waals surface area contributed by atoms with E-state index in [0.29, 0.717) is 16.9 Å². The number of carbonyl (C=O) groups excluding carboxylic acids is 4. The highest BCUT2D eigenvalue weighted by Gasteiger charge is 2.18. The standard InChI is InChI=1S/C29H32N4O5S/c1-18-7-5-6-8-23(18)32-29(37)33-24-14-9-20(15-26(24)39-4)16-27(35)31-22-12-10-21(11-13-22)25(30-19(2)34)17-28(36)38-3/h5-15,25H,16-17H2,1-4H3,(H,30,34)(H,31,35)(H2,32,33,37). The summed E-state index contributed by atoms with van der Waals surface area (Å²) in [7, 11) is 1.29. The lowest BCUT2D eigenvalue weighted by Crippen LogP contribution is -2.28. The van der Waals surface area contributed by atoms with Gasteiger partial charge in [-0.3, -0.25) is 14.4 Å². The molecule has 0 heterocycles. The molecule has 0 aliphatic carbocycles. The molecule has 204 valence electrons. The van der Waals surface area contributed by atoms with E-state index in [0.717, 1.165) is 21.7 Å². The smallest absolute Gasteiger partial charge is 0.323 e. The van der Waals surface area contributed by atoms with Crippen LogP contribution in [-0.4, -0.2) is 37.2 Å². The maximum Gasteiger partial charge on any atom is 0.323 e. The number of esters is 1. The number of nitrogens with one attached hydrogen (secondary N) is 4. The van der Waals surface area contributed by atoms with Gasteiger partial charge in [-0.15, -0.1) is 11.8 Å². The quantitative estimate of drug-likeness (QED) is 0.202. The average Bonchev–Trinajstić information content (AvgIpc) is 2.90. The highest BCUT2D eigenvalue weighted by atomic mass is 32.2. The molecule has 3 rings (SSSR count). The van der Waals surface area contributed by atoms with Crippen LogP contribution >= 0.6 is 11.8 Å². The van der Waals surface area contributed by atoms with Gasteiger partial charge in [-0.05, 0) is 60.2 Å². The van der Waals surface area contributed by atoms with Crippen LogP contribution in [0.3, 0.4) is 0 Å². The van der Waals surface area contributed by atoms with Gasteiger partial charge in [-0.25, -0.2) is 4.79 Å². The highest BCUT2D eigenvalue weighted by molar-refractivity contribution is 7.98. The van der Waals surface area contributed by atoms with E-state index >= 15 is 0 Å². The van der Waals surface area contributed by atoms with Gasteiger partial charge in [0.15, 0.2) is 0 Å². The normalized spacial score (nSPS) is 11.2. The zero-order valence-electron chi connectivity index (χ0n) is 22.3. The molecule has 1 unspecified atom stereocenters. The minimum Gasteiger partial charge on any atom is -0.469 e. The topological polar surface area (TPSA) is 126 Å². The number of benzene rings is 3. The number of amides is 4. The molecule has 4 amide bonds. The highest BCUT2D eigenvalue weighted by Crippen LogP contribution is 2.27. The molecule has 0 aliphatic heterocycles. The van der Waals surface area contributed by atoms with Crippen molar-refractivity contribution in [1.29, 1.82) is 0 Å². The Balaban J connectivity index is 1.61. The summed E-state index contributed by atoms with van der Waals surface area (Å²) in [6, 6.07) is 19.0. The number of urea groups is 1. The second-order valence-electron chi connectivity index (χ2n) is 8.81. The van der Waals surface area contributed by atoms with Crippen molar-refractivity contribution in [1.82, 2.24) is 5.32 Å². The van der Waals surface area contributed by atoms with Crippen molar-refractivity contribution in [3.63, 3.8) is 0 Å². The van der Waals surface area contributed by atoms with Gasteiger partial charge in [0.05, 0.1) is 31.7 Å². The summed E-state index contributed by atoms with van der Waals surface area (Å²) in [6.07, 6.45) is 2.04. The predicted molar refractivity (Wildman–Crippen MR) is 154 cm³/mol. The average molecular weight is 549 g/mol. The van der Waals surface area contributed by atoms with Crippen molar-refractivity contribution >= 4 is 52.6 Å². The van der Waals surface area contributed by atoms with Crippen molar-refractivity contribution in [2.75, 3.05) is 29.3 Å². The van der Waals surface area contributed by atoms with Crippen LogP contribution in [0.5, 0.6) is 0 Å². The van der Waals surface area contributed by atoms with Crippen LogP contribution in [0.25, 0.3) is 0 Å². The Kier molecular flexibility index (Phi) is 10.5. The van der Waals surface area contributed by atoms with E-state index in [1.165, 1.54) is 25.8 Å². The van der Waals surface area contributed by atoms with Crippen molar-refractivity contribution in [2.24, 2.45) is 0 Å². The third-order valence-corrected chi connectivity index (χ3v) is 6.62. The lowest BCUT2D eigenvalue weighted by Gasteiger charge is -2.17. The lowest BCUT2D eigenvalue weighted by atomic mass is 10.0. The Morgan fingerprint density at radius 1 is 0.897 bits per heavy atom. The van der Waals surface area contributed by atoms with E-state index in [2.05, 4.69) is 21.3 Å². The minimum atomic E-state index is -0.532. The van der Waals surface area contributed by atoms with E-state index < -0.39 is 12.0 Å². The first-order chi connectivity index (χ1) is 18.7. The molecule has 3 aromatic rings. The van der Waals surface area contributed by atoms with Crippen LogP contribution in [0.15, 0.2) is 71.6 Å². The summed E-state index contributed by atoms with van der Waals surface area (Å²) in [5.74, 6) is -0.913. The van der Waals surface area contributed by atoms with Gasteiger partial charge in [0.1, 0.15) is 0 Å². The monoisotopic (exact) mass is 548 g/mol. The van der Waals surface area contributed by atoms with Gasteiger partial charge < -0.3 is 26.0 Å². The molecular formula is C29H32N4O5S. The first-order valence-corrected chi connectivity index (χ1v) is 13.4. The molecule has 39 heavy (non-hydrogen) atoms. The van der Waals surface area contributed by atoms with Gasteiger partial charge >= 0.3 is 12.0 Å². The molecule has 0 aliphatic rings. The number of rotatable bonds is 10. The number of hydrogen-bond acceptors (Lipinski definition) is 6. The summed E-state index contributed by atoms with van der Waals surface area (Å²) in [6.45, 7) is 3.30. The van der Waals surface area contributed by atoms with Gasteiger partial charge in [0.25, 0.3) is 0 Å². The summed E-state index contributed by atoms with van der Waals surface area (Å²) in [5.41, 5.74) is 4.43. The maximum absolute atomic E-state index is 12.7. The van der Waals surface area contributed by atoms with E-state index in [4.69, 9.17) is 4.74 Å². The van der Waals surface area contributed by atoms with Crippen molar-refractivity contribution < 1.29 is 23.9 Å². The van der Waals surface area contributed by atoms with Crippen LogP contribution in [0.1, 0.15) is 36.1 Å². The third kappa shape index (κ3) is 8.89. The van der Waals surface area contributed by atoms with E-state index in [-0.39, 0.29) is 30.7 Å². The number of methoxy groups -OCH3 is 1. The molecular weight excluding hydrogens is 516 g/mol. The first-order valence-electron chi connectivity index (χ1n) is 12.2. The van der Waals surface area contributed by atoms with Gasteiger partial charge in [0.2, 0.25) is 11.8 Å². The Morgan fingerprint density at radius 2 is 1.59 bits per heavy atom. The van der Waals surface area contributed by atoms with E-state index in [1.807, 2.05) is 43.5 Å². The molecule has 9 nitrogen and oxygen atoms in total. The van der Waals surface area contributed by atoms with Gasteiger partial charge in [-0.1, -0.05) is 36.4 Å². The molecule has 0 saturated carbocycles. The molecule has 1 atom stereocenters. The number of thioether (sulfide) groups is 1. The van der Waals surface area contributed by atoms with Crippen LogP contribution < -0.4 is 21.3 Å². The molecule has 0 fully saturated rings. The molecule has 4 N–H and O–H groups in total. The number of hydrogen-bond donors (Lipinski definition) is 4. The van der Waals surface area contributed by atoms with Crippen molar-refractivity contribution in [2.45, 2.75) is 37.6 Å². The number of carbonyl (C=O) groups is 4. The van der Waals surface area contributed by atoms with Crippen molar-refractivity contribution in [3.05, 3.63) is 83.4 Å². The Morgan fingerprint density at radius 3 is 2.23 bits per heavy atom. The fourth-order valence-electron chi connectivity index (χ4n) is 3.87. The fourth-order valence-corrected chi connectivity index (χ4v) is 4.48. The van der Waals surface area contributed by atoms with Gasteiger partial charge in [0, 0.05) is 23.2 Å². The number of ether oxygens (including phenoxy) is 1. The van der Waals surface area contributed by atoms with Crippen LogP contribution in [-0.2, 0) is 25.5 Å². The molecule has 0 spiro atoms. The second-order valence-corrected chi connectivity index (χ2v) is 9.66. The summed E-state index contributed by atoms with van der Waals surface area (Å²) in [5, 5.41) is 11.3. The molecule has 0 bridgehead atoms. The van der Waals surface area contributed by atoms with Crippen molar-refractivity contribution in [3.8, 4) is 0 Å². The molecule has 0 radical (unpaired) electrons. The van der Waals surface area contributed by atoms with Gasteiger partial charge in [-0.2, -0.15) is 0 Å². The summed E-state index contributed by atoms with van der Waals surface area (Å²) in [4.78, 5) is 49.3. The zero-order valence-corrected chi connectivity index (χ0v) is 23.1. The van der Waals surface area contributed by atoms with E-state index in [1.54, 1.807) is 36.4 Å². The number of anilines is 3. The first kappa shape index (κ1) is 29.2.